The van der Waals surface area contributed by atoms with Gasteiger partial charge in [-0.3, -0.25) is 28.8 Å². The summed E-state index contributed by atoms with van der Waals surface area (Å²) in [5, 5.41) is 16.3. The van der Waals surface area contributed by atoms with E-state index >= 15 is 0 Å². The molecule has 4 amide bonds. The van der Waals surface area contributed by atoms with Crippen LogP contribution in [0.15, 0.2) is 174 Å². The highest BCUT2D eigenvalue weighted by molar-refractivity contribution is 6.31. The Morgan fingerprint density at radius 3 is 1.71 bits per heavy atom. The molecule has 1 aliphatic carbocycles. The molecule has 5 aromatic carbocycles. The predicted octanol–water partition coefficient (Wildman–Crippen LogP) is 10.4. The van der Waals surface area contributed by atoms with Crippen molar-refractivity contribution in [1.82, 2.24) is 20.4 Å². The zero-order valence-electron chi connectivity index (χ0n) is 49.1. The van der Waals surface area contributed by atoms with Crippen molar-refractivity contribution in [2.24, 2.45) is 11.8 Å². The lowest BCUT2D eigenvalue weighted by atomic mass is 9.88. The van der Waals surface area contributed by atoms with Gasteiger partial charge in [0.15, 0.2) is 11.6 Å². The lowest BCUT2D eigenvalue weighted by Gasteiger charge is -2.25. The van der Waals surface area contributed by atoms with E-state index in [1.54, 1.807) is 41.3 Å². The molecule has 0 aromatic heterocycles. The lowest BCUT2D eigenvalue weighted by Crippen LogP contribution is -2.46. The molecule has 0 bridgehead atoms. The molecular weight excluding hydrogens is 1150 g/mol. The number of methoxy groups -OCH3 is 1. The predicted molar refractivity (Wildman–Crippen MR) is 333 cm³/mol. The number of amides is 4. The second-order valence-electron chi connectivity index (χ2n) is 21.7. The molecule has 5 aromatic rings. The van der Waals surface area contributed by atoms with Crippen molar-refractivity contribution in [3.8, 4) is 5.75 Å². The highest BCUT2D eigenvalue weighted by atomic mass is 35.5. The Morgan fingerprint density at radius 1 is 0.609 bits per heavy atom. The monoisotopic (exact) mass is 1220 g/mol. The van der Waals surface area contributed by atoms with E-state index in [-0.39, 0.29) is 86.2 Å². The number of hydrogen-bond acceptors (Lipinski definition) is 11. The van der Waals surface area contributed by atoms with Crippen LogP contribution in [0.3, 0.4) is 0 Å². The third kappa shape index (κ3) is 21.5. The second kappa shape index (κ2) is 34.7. The van der Waals surface area contributed by atoms with Crippen LogP contribution < -0.4 is 15.4 Å². The first-order valence-corrected chi connectivity index (χ1v) is 30.4. The first-order chi connectivity index (χ1) is 42.1. The van der Waals surface area contributed by atoms with Gasteiger partial charge < -0.3 is 39.8 Å². The van der Waals surface area contributed by atoms with Gasteiger partial charge in [0.1, 0.15) is 30.2 Å². The summed E-state index contributed by atoms with van der Waals surface area (Å²) < 4.78 is 17.0. The van der Waals surface area contributed by atoms with Crippen molar-refractivity contribution in [2.75, 3.05) is 46.5 Å². The number of Topliss-reactive ketones (excluding diaryl/α,β-unsaturated/α-hetero) is 2. The van der Waals surface area contributed by atoms with Gasteiger partial charge >= 0.3 is 11.9 Å². The molecule has 87 heavy (non-hydrogen) atoms. The van der Waals surface area contributed by atoms with Gasteiger partial charge in [-0.25, -0.2) is 9.59 Å². The van der Waals surface area contributed by atoms with E-state index in [4.69, 9.17) is 37.4 Å². The summed E-state index contributed by atoms with van der Waals surface area (Å²) in [5.74, 6) is -4.59. The van der Waals surface area contributed by atoms with Gasteiger partial charge in [0.05, 0.1) is 19.3 Å². The zero-order valence-corrected chi connectivity index (χ0v) is 50.6. The first kappa shape index (κ1) is 66.2. The van der Waals surface area contributed by atoms with Crippen molar-refractivity contribution in [3.63, 3.8) is 0 Å². The number of carboxylic acid groups (broad SMARTS) is 1. The van der Waals surface area contributed by atoms with Crippen LogP contribution >= 0.6 is 23.2 Å². The minimum atomic E-state index is -1.29. The molecule has 0 saturated carbocycles. The van der Waals surface area contributed by atoms with Gasteiger partial charge in [0.2, 0.25) is 23.6 Å². The number of benzene rings is 5. The van der Waals surface area contributed by atoms with Crippen molar-refractivity contribution >= 4 is 70.3 Å². The Kier molecular flexibility index (Phi) is 26.4. The molecule has 0 fully saturated rings. The van der Waals surface area contributed by atoms with Gasteiger partial charge in [0.25, 0.3) is 0 Å². The van der Waals surface area contributed by atoms with E-state index in [0.717, 1.165) is 22.3 Å². The average Bonchev–Trinajstić information content (AvgIpc) is 3.02. The number of ketones is 2. The summed E-state index contributed by atoms with van der Waals surface area (Å²) in [4.78, 5) is 110. The van der Waals surface area contributed by atoms with E-state index in [0.29, 0.717) is 99.1 Å². The molecule has 3 N–H and O–H groups in total. The van der Waals surface area contributed by atoms with Gasteiger partial charge in [-0.05, 0) is 117 Å². The fourth-order valence-corrected chi connectivity index (χ4v) is 10.8. The number of fused-ring (bicyclic) bond motifs is 1. The van der Waals surface area contributed by atoms with Crippen LogP contribution in [0, 0.1) is 11.8 Å². The fourth-order valence-electron chi connectivity index (χ4n) is 10.5. The number of esters is 1. The minimum absolute atomic E-state index is 0.0610. The van der Waals surface area contributed by atoms with E-state index in [1.807, 2.05) is 126 Å². The zero-order chi connectivity index (χ0) is 61.9. The topological polar surface area (TPSA) is 215 Å². The first-order valence-electron chi connectivity index (χ1n) is 29.6. The number of allylic oxidation sites excluding steroid dienone is 3. The second-order valence-corrected chi connectivity index (χ2v) is 22.6. The van der Waals surface area contributed by atoms with Crippen molar-refractivity contribution in [1.29, 1.82) is 0 Å². The Balaban J connectivity index is 0.000000249. The summed E-state index contributed by atoms with van der Waals surface area (Å²) in [6, 6.07) is 40.8. The van der Waals surface area contributed by atoms with Gasteiger partial charge in [-0.15, -0.1) is 0 Å². The SMILES string of the molecule is COC(=O)[C@@H]1CCC(=O)N(CCc2ccccc2)CCCCOC2=C(CCC(Cl)=C2)C(=O)C[C@H](Cc2ccccc2)C(=O)N1.O=C1C[C@H](Cc2ccccc2)C(=O)N[C@H](C(=O)O)CCC(=O)N(CCc2ccccc2)C/C=C/COc2cc(Cl)ccc21. The number of hydrogen-bond donors (Lipinski definition) is 3. The van der Waals surface area contributed by atoms with Crippen LogP contribution in [0.4, 0.5) is 0 Å². The number of carbonyl (C=O) groups excluding carboxylic acids is 7. The summed E-state index contributed by atoms with van der Waals surface area (Å²) in [6.07, 6.45) is 9.21. The van der Waals surface area contributed by atoms with Crippen LogP contribution in [0.2, 0.25) is 5.02 Å². The number of halogens is 2. The lowest BCUT2D eigenvalue weighted by molar-refractivity contribution is -0.146. The van der Waals surface area contributed by atoms with E-state index < -0.39 is 47.7 Å². The van der Waals surface area contributed by atoms with Crippen LogP contribution in [0.5, 0.6) is 5.75 Å². The smallest absolute Gasteiger partial charge is 0.328 e. The van der Waals surface area contributed by atoms with Gasteiger partial charge in [0, 0.05) is 79.3 Å². The van der Waals surface area contributed by atoms with Crippen LogP contribution in [0.1, 0.15) is 96.8 Å². The van der Waals surface area contributed by atoms with Gasteiger partial charge in [-0.2, -0.15) is 0 Å². The molecule has 2 heterocycles. The van der Waals surface area contributed by atoms with Crippen LogP contribution in [0.25, 0.3) is 0 Å². The summed E-state index contributed by atoms with van der Waals surface area (Å²) in [7, 11) is 1.26. The molecule has 0 saturated heterocycles. The quantitative estimate of drug-likeness (QED) is 0.0786. The molecule has 3 aliphatic rings. The normalized spacial score (nSPS) is 20.2. The highest BCUT2D eigenvalue weighted by Crippen LogP contribution is 2.31. The molecule has 458 valence electrons. The molecule has 4 atom stereocenters. The number of carboxylic acids is 1. The summed E-state index contributed by atoms with van der Waals surface area (Å²) in [6.45, 7) is 2.27. The molecule has 18 heteroatoms. The summed E-state index contributed by atoms with van der Waals surface area (Å²) in [5.41, 5.74) is 4.72. The number of nitrogens with one attached hydrogen (secondary N) is 2. The Hall–Kier alpha value is -8.34. The maximum Gasteiger partial charge on any atom is 0.328 e. The summed E-state index contributed by atoms with van der Waals surface area (Å²) >= 11 is 12.5. The highest BCUT2D eigenvalue weighted by Gasteiger charge is 2.33. The van der Waals surface area contributed by atoms with Crippen molar-refractivity contribution in [2.45, 2.75) is 102 Å². The minimum Gasteiger partial charge on any atom is -0.493 e. The van der Waals surface area contributed by atoms with Gasteiger partial charge in [-0.1, -0.05) is 151 Å². The Labute approximate surface area is 518 Å². The third-order valence-corrected chi connectivity index (χ3v) is 15.9. The average molecular weight is 1220 g/mol. The molecule has 0 radical (unpaired) electrons. The Bertz CT molecular complexity index is 3230. The standard InChI is InChI=1S/C35H41ClN2O6.C34H35ClN2O6/c1-43-35(42)30-16-17-33(40)38(20-18-25-10-4-2-5-11-25)19-8-9-21-44-32-24-28(36)14-15-29(32)31(39)23-27(34(41)37-30)22-26-12-6-3-7-13-26;35-27-13-14-28-30(38)22-26(21-25-11-5-2-6-12-25)33(40)36-29(34(41)42)15-16-32(39)37(18-7-8-20-43-31(28)23-27)19-17-24-9-3-1-4-10-24/h2-7,10-13,24,27,30H,8-9,14-23H2,1H3,(H,37,41);1-14,23,26,29H,15-22H2,(H,36,40)(H,41,42)/b;8-7+/t27-,30-;26-,29-/m00/s1. The van der Waals surface area contributed by atoms with E-state index in [2.05, 4.69) is 10.6 Å². The molecule has 0 unspecified atom stereocenters. The molecule has 16 nitrogen and oxygen atoms in total. The number of rotatable bonds is 12. The maximum absolute atomic E-state index is 13.7. The maximum atomic E-state index is 13.7. The molecular formula is C69H76Cl2N4O12. The third-order valence-electron chi connectivity index (χ3n) is 15.4. The molecule has 0 spiro atoms. The number of aliphatic carboxylic acids is 1. The number of nitrogens with zero attached hydrogens (tertiary/aromatic N) is 2. The van der Waals surface area contributed by atoms with Crippen molar-refractivity contribution in [3.05, 3.63) is 207 Å². The van der Waals surface area contributed by atoms with E-state index in [9.17, 15) is 43.5 Å². The van der Waals surface area contributed by atoms with Crippen molar-refractivity contribution < 1.29 is 57.7 Å². The fraction of sp³-hybridized carbons (Fsp3) is 0.362. The van der Waals surface area contributed by atoms with Crippen LogP contribution in [-0.2, 0) is 68.7 Å². The molecule has 2 aliphatic heterocycles. The Morgan fingerprint density at radius 2 is 1.14 bits per heavy atom. The molecule has 8 rings (SSSR count). The van der Waals surface area contributed by atoms with Crippen LogP contribution in [-0.4, -0.2) is 121 Å². The number of ether oxygens (including phenoxy) is 3. The van der Waals surface area contributed by atoms with E-state index in [1.165, 1.54) is 7.11 Å². The number of carbonyl (C=O) groups is 8. The largest absolute Gasteiger partial charge is 0.493 e.